The maximum Gasteiger partial charge on any atom is 0.340 e. The number of carbonyl (C=O) groups is 1. The van der Waals surface area contributed by atoms with Crippen LogP contribution in [0, 0.1) is 11.8 Å². The molecule has 1 aromatic heterocycles. The van der Waals surface area contributed by atoms with E-state index in [1.807, 2.05) is 0 Å². The average molecular weight is 519 g/mol. The second-order valence-corrected chi connectivity index (χ2v) is 11.5. The number of sulfone groups is 1. The molecule has 0 aliphatic carbocycles. The third-order valence-corrected chi connectivity index (χ3v) is 9.10. The summed E-state index contributed by atoms with van der Waals surface area (Å²) in [5.74, 6) is 4.89. The number of hydrogen-bond acceptors (Lipinski definition) is 9. The largest absolute Gasteiger partial charge is 0.497 e. The van der Waals surface area contributed by atoms with Crippen LogP contribution in [0.4, 0.5) is 0 Å². The van der Waals surface area contributed by atoms with E-state index in [-0.39, 0.29) is 10.6 Å². The average Bonchev–Trinajstić information content (AvgIpc) is 3.35. The van der Waals surface area contributed by atoms with Gasteiger partial charge in [-0.1, -0.05) is 23.6 Å². The SMILES string of the molecule is COc1ccc(C#Cc2ccc(S(=O)(=O)C(N)(CC(O)CSc3nccs3)C(=O)O)cc2)cc1. The lowest BCUT2D eigenvalue weighted by molar-refractivity contribution is -0.140. The lowest BCUT2D eigenvalue weighted by atomic mass is 10.1. The van der Waals surface area contributed by atoms with Crippen LogP contribution < -0.4 is 10.5 Å². The molecule has 0 aliphatic heterocycles. The molecule has 0 saturated carbocycles. The molecule has 34 heavy (non-hydrogen) atoms. The Bertz CT molecular complexity index is 1280. The zero-order valence-electron chi connectivity index (χ0n) is 18.0. The van der Waals surface area contributed by atoms with Crippen LogP contribution in [0.15, 0.2) is 69.3 Å². The van der Waals surface area contributed by atoms with E-state index >= 15 is 0 Å². The van der Waals surface area contributed by atoms with Crippen LogP contribution in [0.1, 0.15) is 17.5 Å². The Morgan fingerprint density at radius 3 is 2.26 bits per heavy atom. The fraction of sp³-hybridized carbons (Fsp3) is 0.217. The lowest BCUT2D eigenvalue weighted by Gasteiger charge is -2.27. The Balaban J connectivity index is 1.76. The number of carboxylic acids is 1. The predicted molar refractivity (Wildman–Crippen MR) is 131 cm³/mol. The van der Waals surface area contributed by atoms with Gasteiger partial charge in [-0.15, -0.1) is 11.3 Å². The first-order valence-electron chi connectivity index (χ1n) is 9.89. The zero-order chi connectivity index (χ0) is 24.8. The molecule has 3 rings (SSSR count). The summed E-state index contributed by atoms with van der Waals surface area (Å²) in [7, 11) is -2.96. The third-order valence-electron chi connectivity index (χ3n) is 4.80. The van der Waals surface area contributed by atoms with Crippen molar-refractivity contribution in [1.82, 2.24) is 4.98 Å². The minimum atomic E-state index is -4.52. The normalized spacial score (nSPS) is 13.9. The molecule has 11 heteroatoms. The number of aliphatic carboxylic acids is 1. The smallest absolute Gasteiger partial charge is 0.340 e. The number of aromatic nitrogens is 1. The molecule has 2 aromatic carbocycles. The summed E-state index contributed by atoms with van der Waals surface area (Å²) in [6.45, 7) is 0. The number of carboxylic acid groups (broad SMARTS) is 1. The van der Waals surface area contributed by atoms with E-state index < -0.39 is 33.2 Å². The molecule has 4 N–H and O–H groups in total. The number of ether oxygens (including phenoxy) is 1. The second kappa shape index (κ2) is 11.0. The van der Waals surface area contributed by atoms with Crippen LogP contribution >= 0.6 is 23.1 Å². The van der Waals surface area contributed by atoms with Crippen molar-refractivity contribution in [1.29, 1.82) is 0 Å². The Morgan fingerprint density at radius 1 is 1.18 bits per heavy atom. The number of aliphatic hydroxyl groups is 1. The molecule has 2 atom stereocenters. The number of hydrogen-bond donors (Lipinski definition) is 3. The summed E-state index contributed by atoms with van der Waals surface area (Å²) < 4.78 is 32.0. The van der Waals surface area contributed by atoms with Crippen molar-refractivity contribution in [2.45, 2.75) is 26.6 Å². The quantitative estimate of drug-likeness (QED) is 0.288. The minimum absolute atomic E-state index is 0.0507. The van der Waals surface area contributed by atoms with E-state index in [0.717, 1.165) is 5.56 Å². The fourth-order valence-corrected chi connectivity index (χ4v) is 6.06. The highest BCUT2D eigenvalue weighted by molar-refractivity contribution is 8.01. The molecule has 0 fully saturated rings. The first-order chi connectivity index (χ1) is 16.2. The number of benzene rings is 2. The molecule has 8 nitrogen and oxygen atoms in total. The predicted octanol–water partition coefficient (Wildman–Crippen LogP) is 2.61. The van der Waals surface area contributed by atoms with Crippen molar-refractivity contribution in [2.75, 3.05) is 12.9 Å². The summed E-state index contributed by atoms with van der Waals surface area (Å²) in [5, 5.41) is 21.7. The van der Waals surface area contributed by atoms with Gasteiger partial charge in [-0.3, -0.25) is 0 Å². The van der Waals surface area contributed by atoms with Gasteiger partial charge >= 0.3 is 5.97 Å². The van der Waals surface area contributed by atoms with Gasteiger partial charge in [0.25, 0.3) is 0 Å². The maximum atomic E-state index is 13.1. The van der Waals surface area contributed by atoms with Gasteiger partial charge in [-0.25, -0.2) is 18.2 Å². The van der Waals surface area contributed by atoms with Crippen molar-refractivity contribution in [3.05, 3.63) is 71.2 Å². The summed E-state index contributed by atoms with van der Waals surface area (Å²) >= 11 is 2.55. The van der Waals surface area contributed by atoms with Crippen molar-refractivity contribution in [3.8, 4) is 17.6 Å². The summed E-state index contributed by atoms with van der Waals surface area (Å²) in [6, 6.07) is 12.6. The zero-order valence-corrected chi connectivity index (χ0v) is 20.5. The van der Waals surface area contributed by atoms with Crippen LogP contribution in [0.25, 0.3) is 0 Å². The highest BCUT2D eigenvalue weighted by Gasteiger charge is 2.49. The van der Waals surface area contributed by atoms with Gasteiger partial charge in [0.05, 0.1) is 18.1 Å². The van der Waals surface area contributed by atoms with Gasteiger partial charge in [0.15, 0.2) is 0 Å². The van der Waals surface area contributed by atoms with Gasteiger partial charge in [0.1, 0.15) is 10.1 Å². The summed E-state index contributed by atoms with van der Waals surface area (Å²) in [4.78, 5) is 13.0. The van der Waals surface area contributed by atoms with Gasteiger partial charge in [0, 0.05) is 34.9 Å². The maximum absolute atomic E-state index is 13.1. The molecular formula is C23H22N2O6S3. The highest BCUT2D eigenvalue weighted by atomic mass is 32.2. The van der Waals surface area contributed by atoms with Gasteiger partial charge < -0.3 is 20.7 Å². The van der Waals surface area contributed by atoms with Crippen LogP contribution in [0.2, 0.25) is 0 Å². The molecule has 2 unspecified atom stereocenters. The first kappa shape index (κ1) is 25.7. The molecule has 0 amide bonds. The molecule has 3 aromatic rings. The molecule has 0 spiro atoms. The number of nitrogens with two attached hydrogens (primary N) is 1. The monoisotopic (exact) mass is 518 g/mol. The van der Waals surface area contributed by atoms with E-state index in [4.69, 9.17) is 10.5 Å². The van der Waals surface area contributed by atoms with Crippen LogP contribution in [0.3, 0.4) is 0 Å². The van der Waals surface area contributed by atoms with Crippen LogP contribution in [0.5, 0.6) is 5.75 Å². The molecule has 0 aliphatic rings. The van der Waals surface area contributed by atoms with E-state index in [1.165, 1.54) is 47.4 Å². The number of aliphatic hydroxyl groups excluding tert-OH is 1. The standard InChI is InChI=1S/C23H22N2O6S3/c1-31-19-8-4-16(5-9-19)2-3-17-6-10-20(11-7-17)34(29,30)23(24,21(27)28)14-18(26)15-33-22-25-12-13-32-22/h4-13,18,26H,14-15,24H2,1H3,(H,27,28). The number of methoxy groups -OCH3 is 1. The molecular weight excluding hydrogens is 496 g/mol. The van der Waals surface area contributed by atoms with Crippen molar-refractivity contribution < 1.29 is 28.2 Å². The number of rotatable bonds is 9. The first-order valence-corrected chi connectivity index (χ1v) is 13.2. The molecule has 0 radical (unpaired) electrons. The van der Waals surface area contributed by atoms with Gasteiger partial charge in [0.2, 0.25) is 14.7 Å². The van der Waals surface area contributed by atoms with E-state index in [2.05, 4.69) is 16.8 Å². The lowest BCUT2D eigenvalue weighted by Crippen LogP contribution is -2.56. The molecule has 0 saturated heterocycles. The number of nitrogens with zero attached hydrogens (tertiary/aromatic N) is 1. The van der Waals surface area contributed by atoms with E-state index in [0.29, 0.717) is 15.7 Å². The third kappa shape index (κ3) is 5.97. The van der Waals surface area contributed by atoms with Crippen molar-refractivity contribution >= 4 is 38.9 Å². The Morgan fingerprint density at radius 2 is 1.76 bits per heavy atom. The van der Waals surface area contributed by atoms with Crippen molar-refractivity contribution in [3.63, 3.8) is 0 Å². The van der Waals surface area contributed by atoms with Crippen LogP contribution in [-0.2, 0) is 14.6 Å². The summed E-state index contributed by atoms with van der Waals surface area (Å²) in [5.41, 5.74) is 7.17. The van der Waals surface area contributed by atoms with Gasteiger partial charge in [-0.05, 0) is 48.5 Å². The summed E-state index contributed by atoms with van der Waals surface area (Å²) in [6.07, 6.45) is -0.360. The van der Waals surface area contributed by atoms with Crippen molar-refractivity contribution in [2.24, 2.45) is 5.73 Å². The van der Waals surface area contributed by atoms with E-state index in [1.54, 1.807) is 43.0 Å². The van der Waals surface area contributed by atoms with E-state index in [9.17, 15) is 23.4 Å². The Hall–Kier alpha value is -2.88. The molecule has 0 bridgehead atoms. The highest BCUT2D eigenvalue weighted by Crippen LogP contribution is 2.29. The topological polar surface area (TPSA) is 140 Å². The number of thiazole rings is 1. The Kier molecular flexibility index (Phi) is 8.35. The Labute approximate surface area is 205 Å². The van der Waals surface area contributed by atoms with Gasteiger partial charge in [-0.2, -0.15) is 0 Å². The minimum Gasteiger partial charge on any atom is -0.497 e. The molecule has 1 heterocycles. The number of thioether (sulfide) groups is 1. The second-order valence-electron chi connectivity index (χ2n) is 7.17. The molecule has 178 valence electrons. The fourth-order valence-electron chi connectivity index (χ4n) is 2.92. The van der Waals surface area contributed by atoms with Crippen LogP contribution in [-0.4, -0.2) is 53.4 Å².